The molecule has 32 heavy (non-hydrogen) atoms. The Morgan fingerprint density at radius 1 is 1.22 bits per heavy atom. The first-order valence-corrected chi connectivity index (χ1v) is 9.98. The molecule has 1 atom stereocenters. The molecule has 3 heterocycles. The molecule has 2 amide bonds. The summed E-state index contributed by atoms with van der Waals surface area (Å²) in [6.45, 7) is 2.32. The maximum Gasteiger partial charge on any atom is 0.417 e. The topological polar surface area (TPSA) is 88.8 Å². The summed E-state index contributed by atoms with van der Waals surface area (Å²) >= 11 is 0. The van der Waals surface area contributed by atoms with Gasteiger partial charge in [0.2, 0.25) is 11.8 Å². The van der Waals surface area contributed by atoms with Gasteiger partial charge in [0.1, 0.15) is 5.75 Å². The van der Waals surface area contributed by atoms with Crippen LogP contribution in [0.4, 0.5) is 18.9 Å². The van der Waals surface area contributed by atoms with Gasteiger partial charge in [0.15, 0.2) is 11.5 Å². The number of carbonyl (C=O) groups excluding carboxylic acids is 2. The summed E-state index contributed by atoms with van der Waals surface area (Å²) < 4.78 is 45.7. The standard InChI is InChI=1S/C21H20F3N5O3/c1-2-32-16-6-4-3-5-15(16)28-11-13(9-19(28)30)20(31)25-10-18-27-26-17-8-7-14(12-29(17)18)21(22,23)24/h3-8,12-13H,2,9-11H2,1H3,(H,25,31)/t13-/m0/s1. The third-order valence-electron chi connectivity index (χ3n) is 5.17. The van der Waals surface area contributed by atoms with Gasteiger partial charge in [-0.1, -0.05) is 12.1 Å². The molecule has 1 aromatic carbocycles. The van der Waals surface area contributed by atoms with Crippen molar-refractivity contribution in [3.8, 4) is 5.75 Å². The molecular weight excluding hydrogens is 427 g/mol. The van der Waals surface area contributed by atoms with Crippen LogP contribution in [0.15, 0.2) is 42.6 Å². The molecule has 1 N–H and O–H groups in total. The Morgan fingerprint density at radius 2 is 2.00 bits per heavy atom. The van der Waals surface area contributed by atoms with Crippen LogP contribution in [0.1, 0.15) is 24.7 Å². The van der Waals surface area contributed by atoms with E-state index in [2.05, 4.69) is 15.5 Å². The van der Waals surface area contributed by atoms with E-state index in [0.717, 1.165) is 12.3 Å². The third kappa shape index (κ3) is 4.23. The summed E-state index contributed by atoms with van der Waals surface area (Å²) in [6.07, 6.45) is -3.60. The summed E-state index contributed by atoms with van der Waals surface area (Å²) in [5, 5.41) is 10.3. The van der Waals surface area contributed by atoms with Crippen molar-refractivity contribution < 1.29 is 27.5 Å². The van der Waals surface area contributed by atoms with Crippen LogP contribution >= 0.6 is 0 Å². The highest BCUT2D eigenvalue weighted by molar-refractivity contribution is 6.01. The van der Waals surface area contributed by atoms with Crippen molar-refractivity contribution in [2.45, 2.75) is 26.1 Å². The normalized spacial score (nSPS) is 16.6. The number of amides is 2. The monoisotopic (exact) mass is 447 g/mol. The zero-order valence-electron chi connectivity index (χ0n) is 17.1. The van der Waals surface area contributed by atoms with Crippen LogP contribution in [-0.2, 0) is 22.3 Å². The van der Waals surface area contributed by atoms with E-state index in [0.29, 0.717) is 18.0 Å². The maximum absolute atomic E-state index is 13.0. The van der Waals surface area contributed by atoms with Gasteiger partial charge in [-0.25, -0.2) is 0 Å². The molecule has 1 saturated heterocycles. The smallest absolute Gasteiger partial charge is 0.417 e. The van der Waals surface area contributed by atoms with Crippen molar-refractivity contribution in [3.63, 3.8) is 0 Å². The van der Waals surface area contributed by atoms with Crippen molar-refractivity contribution in [2.24, 2.45) is 5.92 Å². The first-order valence-electron chi connectivity index (χ1n) is 9.98. The van der Waals surface area contributed by atoms with E-state index in [9.17, 15) is 22.8 Å². The second kappa shape index (κ2) is 8.48. The predicted octanol–water partition coefficient (Wildman–Crippen LogP) is 2.82. The molecule has 3 aromatic rings. The Labute approximate surface area is 181 Å². The molecule has 1 fully saturated rings. The molecule has 2 aromatic heterocycles. The lowest BCUT2D eigenvalue weighted by Gasteiger charge is -2.20. The maximum atomic E-state index is 13.0. The summed E-state index contributed by atoms with van der Waals surface area (Å²) in [7, 11) is 0. The number of ether oxygens (including phenoxy) is 1. The number of benzene rings is 1. The highest BCUT2D eigenvalue weighted by Crippen LogP contribution is 2.33. The second-order valence-corrected chi connectivity index (χ2v) is 7.28. The number of pyridine rings is 1. The molecule has 1 aliphatic rings. The number of para-hydroxylation sites is 2. The number of anilines is 1. The number of carbonyl (C=O) groups is 2. The van der Waals surface area contributed by atoms with Crippen LogP contribution in [0.25, 0.3) is 5.65 Å². The summed E-state index contributed by atoms with van der Waals surface area (Å²) in [6, 6.07) is 9.22. The van der Waals surface area contributed by atoms with Crippen LogP contribution in [-0.4, -0.2) is 39.6 Å². The van der Waals surface area contributed by atoms with Gasteiger partial charge < -0.3 is 15.0 Å². The van der Waals surface area contributed by atoms with Gasteiger partial charge in [0.25, 0.3) is 0 Å². The first kappa shape index (κ1) is 21.6. The molecule has 0 radical (unpaired) electrons. The quantitative estimate of drug-likeness (QED) is 0.628. The second-order valence-electron chi connectivity index (χ2n) is 7.28. The number of hydrogen-bond acceptors (Lipinski definition) is 5. The molecule has 0 bridgehead atoms. The van der Waals surface area contributed by atoms with Gasteiger partial charge in [-0.2, -0.15) is 13.2 Å². The van der Waals surface area contributed by atoms with Crippen LogP contribution in [0.3, 0.4) is 0 Å². The predicted molar refractivity (Wildman–Crippen MR) is 108 cm³/mol. The Morgan fingerprint density at radius 3 is 2.75 bits per heavy atom. The summed E-state index contributed by atoms with van der Waals surface area (Å²) in [5.41, 5.74) is -0.0165. The lowest BCUT2D eigenvalue weighted by atomic mass is 10.1. The minimum atomic E-state index is -4.51. The molecule has 0 spiro atoms. The van der Waals surface area contributed by atoms with Gasteiger partial charge in [-0.3, -0.25) is 14.0 Å². The number of nitrogens with zero attached hydrogens (tertiary/aromatic N) is 4. The molecular formula is C21H20F3N5O3. The Hall–Kier alpha value is -3.63. The Balaban J connectivity index is 1.45. The van der Waals surface area contributed by atoms with Gasteiger partial charge in [-0.15, -0.1) is 10.2 Å². The third-order valence-corrected chi connectivity index (χ3v) is 5.17. The zero-order chi connectivity index (χ0) is 22.9. The van der Waals surface area contributed by atoms with Crippen molar-refractivity contribution >= 4 is 23.1 Å². The number of aromatic nitrogens is 3. The lowest BCUT2D eigenvalue weighted by Crippen LogP contribution is -2.33. The van der Waals surface area contributed by atoms with Crippen LogP contribution in [0.2, 0.25) is 0 Å². The van der Waals surface area contributed by atoms with Gasteiger partial charge in [0, 0.05) is 19.2 Å². The van der Waals surface area contributed by atoms with Gasteiger partial charge >= 0.3 is 6.18 Å². The largest absolute Gasteiger partial charge is 0.492 e. The summed E-state index contributed by atoms with van der Waals surface area (Å²) in [4.78, 5) is 26.7. The minimum Gasteiger partial charge on any atom is -0.492 e. The molecule has 0 saturated carbocycles. The number of halogens is 3. The highest BCUT2D eigenvalue weighted by atomic mass is 19.4. The average molecular weight is 447 g/mol. The van der Waals surface area contributed by atoms with Crippen molar-refractivity contribution in [1.29, 1.82) is 0 Å². The molecule has 168 valence electrons. The van der Waals surface area contributed by atoms with Crippen molar-refractivity contribution in [1.82, 2.24) is 19.9 Å². The van der Waals surface area contributed by atoms with E-state index in [4.69, 9.17) is 4.74 Å². The number of alkyl halides is 3. The molecule has 0 aliphatic carbocycles. The number of rotatable bonds is 6. The van der Waals surface area contributed by atoms with Gasteiger partial charge in [0.05, 0.1) is 30.3 Å². The fourth-order valence-electron chi connectivity index (χ4n) is 3.61. The Kier molecular flexibility index (Phi) is 5.72. The Bertz CT molecular complexity index is 1160. The van der Waals surface area contributed by atoms with Crippen LogP contribution in [0.5, 0.6) is 5.75 Å². The van der Waals surface area contributed by atoms with E-state index in [-0.39, 0.29) is 36.9 Å². The number of nitrogens with one attached hydrogen (secondary N) is 1. The molecule has 4 rings (SSSR count). The van der Waals surface area contributed by atoms with Crippen molar-refractivity contribution in [2.75, 3.05) is 18.1 Å². The highest BCUT2D eigenvalue weighted by Gasteiger charge is 2.36. The fraction of sp³-hybridized carbons (Fsp3) is 0.333. The SMILES string of the molecule is CCOc1ccccc1N1C[C@@H](C(=O)NCc2nnc3ccc(C(F)(F)F)cn23)CC1=O. The minimum absolute atomic E-state index is 0.0189. The van der Waals surface area contributed by atoms with E-state index < -0.39 is 23.6 Å². The van der Waals surface area contributed by atoms with Crippen LogP contribution < -0.4 is 15.0 Å². The first-order chi connectivity index (χ1) is 15.3. The van der Waals surface area contributed by atoms with Crippen LogP contribution in [0, 0.1) is 5.92 Å². The zero-order valence-corrected chi connectivity index (χ0v) is 17.1. The number of hydrogen-bond donors (Lipinski definition) is 1. The van der Waals surface area contributed by atoms with E-state index in [1.54, 1.807) is 24.3 Å². The summed E-state index contributed by atoms with van der Waals surface area (Å²) in [5.74, 6) is -0.497. The van der Waals surface area contributed by atoms with Gasteiger partial charge in [-0.05, 0) is 31.2 Å². The molecule has 1 aliphatic heterocycles. The molecule has 0 unspecified atom stereocenters. The van der Waals surface area contributed by atoms with E-state index in [1.807, 2.05) is 6.92 Å². The number of fused-ring (bicyclic) bond motifs is 1. The van der Waals surface area contributed by atoms with Crippen molar-refractivity contribution in [3.05, 3.63) is 54.0 Å². The molecule has 8 nitrogen and oxygen atoms in total. The average Bonchev–Trinajstić information content (AvgIpc) is 3.35. The van der Waals surface area contributed by atoms with E-state index in [1.165, 1.54) is 15.4 Å². The fourth-order valence-corrected chi connectivity index (χ4v) is 3.61. The van der Waals surface area contributed by atoms with E-state index >= 15 is 0 Å². The lowest BCUT2D eigenvalue weighted by molar-refractivity contribution is -0.138. The molecule has 11 heteroatoms.